The lowest BCUT2D eigenvalue weighted by atomic mass is 10.0. The van der Waals surface area contributed by atoms with Crippen LogP contribution in [0.25, 0.3) is 0 Å². The lowest BCUT2D eigenvalue weighted by Crippen LogP contribution is -2.08. The first-order chi connectivity index (χ1) is 8.70. The summed E-state index contributed by atoms with van der Waals surface area (Å²) in [6.45, 7) is 0. The van der Waals surface area contributed by atoms with E-state index < -0.39 is 0 Å². The van der Waals surface area contributed by atoms with Gasteiger partial charge in [0.2, 0.25) is 0 Å². The maximum absolute atomic E-state index is 12.0. The molecule has 0 aliphatic carbocycles. The van der Waals surface area contributed by atoms with Gasteiger partial charge in [0.15, 0.2) is 5.78 Å². The van der Waals surface area contributed by atoms with E-state index in [-0.39, 0.29) is 11.6 Å². The number of aromatic nitrogens is 1. The van der Waals surface area contributed by atoms with Crippen molar-refractivity contribution in [2.24, 2.45) is 0 Å². The third-order valence-corrected chi connectivity index (χ3v) is 2.66. The molecule has 0 bridgehead atoms. The summed E-state index contributed by atoms with van der Waals surface area (Å²) in [5, 5.41) is 0. The number of anilines is 1. The van der Waals surface area contributed by atoms with Crippen LogP contribution in [0.2, 0.25) is 0 Å². The van der Waals surface area contributed by atoms with Gasteiger partial charge in [0.25, 0.3) is 0 Å². The normalized spacial score (nSPS) is 10.1. The Balaban J connectivity index is 2.14. The monoisotopic (exact) mass is 242 g/mol. The number of nitrogen functional groups attached to an aromatic ring is 1. The summed E-state index contributed by atoms with van der Waals surface area (Å²) in [4.78, 5) is 15.9. The van der Waals surface area contributed by atoms with E-state index in [9.17, 15) is 4.79 Å². The molecule has 1 aromatic heterocycles. The highest BCUT2D eigenvalue weighted by molar-refractivity contribution is 6.01. The van der Waals surface area contributed by atoms with E-state index in [1.165, 1.54) is 0 Å². The fraction of sp³-hybridized carbons (Fsp3) is 0.143. The minimum absolute atomic E-state index is 0.0363. The quantitative estimate of drug-likeness (QED) is 0.834. The molecule has 2 aromatic rings. The molecule has 0 amide bonds. The topological polar surface area (TPSA) is 65.2 Å². The first kappa shape index (κ1) is 12.1. The van der Waals surface area contributed by atoms with Crippen molar-refractivity contribution in [1.29, 1.82) is 0 Å². The van der Waals surface area contributed by atoms with Crippen LogP contribution in [0.1, 0.15) is 15.9 Å². The summed E-state index contributed by atoms with van der Waals surface area (Å²) in [5.41, 5.74) is 7.06. The summed E-state index contributed by atoms with van der Waals surface area (Å²) < 4.78 is 5.06. The van der Waals surface area contributed by atoms with Crippen molar-refractivity contribution in [2.75, 3.05) is 12.8 Å². The molecule has 2 N–H and O–H groups in total. The number of methoxy groups -OCH3 is 1. The first-order valence-electron chi connectivity index (χ1n) is 5.57. The second-order valence-electron chi connectivity index (χ2n) is 3.88. The van der Waals surface area contributed by atoms with E-state index in [2.05, 4.69) is 4.98 Å². The van der Waals surface area contributed by atoms with Crippen LogP contribution in [0.5, 0.6) is 5.75 Å². The fourth-order valence-electron chi connectivity index (χ4n) is 1.68. The molecule has 0 aliphatic heterocycles. The lowest BCUT2D eigenvalue weighted by Gasteiger charge is -2.05. The third-order valence-electron chi connectivity index (χ3n) is 2.66. The molecule has 0 unspecified atom stereocenters. The van der Waals surface area contributed by atoms with Gasteiger partial charge in [-0.3, -0.25) is 4.79 Å². The predicted molar refractivity (Wildman–Crippen MR) is 69.7 cm³/mol. The van der Waals surface area contributed by atoms with Crippen LogP contribution in [-0.2, 0) is 6.42 Å². The Kier molecular flexibility index (Phi) is 3.57. The molecule has 0 fully saturated rings. The van der Waals surface area contributed by atoms with Gasteiger partial charge in [0.05, 0.1) is 12.7 Å². The smallest absolute Gasteiger partial charge is 0.170 e. The van der Waals surface area contributed by atoms with Gasteiger partial charge < -0.3 is 10.5 Å². The number of carbonyl (C=O) groups is 1. The van der Waals surface area contributed by atoms with E-state index in [1.54, 1.807) is 25.4 Å². The maximum Gasteiger partial charge on any atom is 0.170 e. The number of hydrogen-bond acceptors (Lipinski definition) is 4. The molecular weight excluding hydrogens is 228 g/mol. The summed E-state index contributed by atoms with van der Waals surface area (Å²) >= 11 is 0. The van der Waals surface area contributed by atoms with E-state index in [4.69, 9.17) is 10.5 Å². The summed E-state index contributed by atoms with van der Waals surface area (Å²) in [7, 11) is 1.61. The second-order valence-corrected chi connectivity index (χ2v) is 3.88. The average Bonchev–Trinajstić information content (AvgIpc) is 2.40. The van der Waals surface area contributed by atoms with Gasteiger partial charge in [-0.05, 0) is 29.8 Å². The van der Waals surface area contributed by atoms with Crippen molar-refractivity contribution in [1.82, 2.24) is 4.98 Å². The molecule has 1 heterocycles. The molecular formula is C14H14N2O2. The maximum atomic E-state index is 12.0. The average molecular weight is 242 g/mol. The van der Waals surface area contributed by atoms with Gasteiger partial charge in [-0.2, -0.15) is 0 Å². The Hall–Kier alpha value is -2.36. The minimum atomic E-state index is -0.0363. The van der Waals surface area contributed by atoms with Gasteiger partial charge in [0, 0.05) is 12.6 Å². The van der Waals surface area contributed by atoms with Crippen LogP contribution >= 0.6 is 0 Å². The van der Waals surface area contributed by atoms with Gasteiger partial charge >= 0.3 is 0 Å². The number of carbonyl (C=O) groups excluding carboxylic acids is 1. The Labute approximate surface area is 105 Å². The molecule has 4 nitrogen and oxygen atoms in total. The van der Waals surface area contributed by atoms with Gasteiger partial charge in [-0.25, -0.2) is 4.98 Å². The van der Waals surface area contributed by atoms with Gasteiger partial charge in [0.1, 0.15) is 11.6 Å². The Morgan fingerprint density at radius 3 is 2.61 bits per heavy atom. The number of benzene rings is 1. The number of Topliss-reactive ketones (excluding diaryl/α,β-unsaturated/α-hetero) is 1. The van der Waals surface area contributed by atoms with E-state index in [0.29, 0.717) is 12.0 Å². The SMILES string of the molecule is COc1ccc(CC(=O)c2cccnc2N)cc1. The molecule has 0 spiro atoms. The first-order valence-corrected chi connectivity index (χ1v) is 5.57. The minimum Gasteiger partial charge on any atom is -0.497 e. The third kappa shape index (κ3) is 2.66. The number of ether oxygens (including phenoxy) is 1. The van der Waals surface area contributed by atoms with Crippen LogP contribution in [-0.4, -0.2) is 17.9 Å². The predicted octanol–water partition coefficient (Wildman–Crippen LogP) is 2.10. The van der Waals surface area contributed by atoms with Crippen molar-refractivity contribution < 1.29 is 9.53 Å². The highest BCUT2D eigenvalue weighted by atomic mass is 16.5. The molecule has 4 heteroatoms. The molecule has 92 valence electrons. The number of nitrogens with two attached hydrogens (primary N) is 1. The molecule has 0 radical (unpaired) electrons. The zero-order valence-electron chi connectivity index (χ0n) is 10.1. The number of nitrogens with zero attached hydrogens (tertiary/aromatic N) is 1. The van der Waals surface area contributed by atoms with E-state index in [0.717, 1.165) is 11.3 Å². The molecule has 1 aromatic carbocycles. The van der Waals surface area contributed by atoms with Crippen LogP contribution in [0.3, 0.4) is 0 Å². The van der Waals surface area contributed by atoms with Crippen molar-refractivity contribution in [2.45, 2.75) is 6.42 Å². The Morgan fingerprint density at radius 1 is 1.28 bits per heavy atom. The van der Waals surface area contributed by atoms with Crippen molar-refractivity contribution in [3.8, 4) is 5.75 Å². The van der Waals surface area contributed by atoms with Crippen LogP contribution < -0.4 is 10.5 Å². The highest BCUT2D eigenvalue weighted by Crippen LogP contribution is 2.15. The van der Waals surface area contributed by atoms with Crippen molar-refractivity contribution in [3.63, 3.8) is 0 Å². The standard InChI is InChI=1S/C14H14N2O2/c1-18-11-6-4-10(5-7-11)9-13(17)12-3-2-8-16-14(12)15/h2-8H,9H2,1H3,(H2,15,16). The molecule has 0 aliphatic rings. The summed E-state index contributed by atoms with van der Waals surface area (Å²) in [6.07, 6.45) is 1.87. The van der Waals surface area contributed by atoms with E-state index >= 15 is 0 Å². The zero-order chi connectivity index (χ0) is 13.0. The highest BCUT2D eigenvalue weighted by Gasteiger charge is 2.10. The Bertz CT molecular complexity index is 550. The van der Waals surface area contributed by atoms with E-state index in [1.807, 2.05) is 24.3 Å². The fourth-order valence-corrected chi connectivity index (χ4v) is 1.68. The largest absolute Gasteiger partial charge is 0.497 e. The molecule has 0 saturated heterocycles. The molecule has 0 atom stereocenters. The second kappa shape index (κ2) is 5.31. The van der Waals surface area contributed by atoms with Crippen LogP contribution in [0.4, 0.5) is 5.82 Å². The van der Waals surface area contributed by atoms with Crippen LogP contribution in [0, 0.1) is 0 Å². The number of ketones is 1. The number of rotatable bonds is 4. The Morgan fingerprint density at radius 2 is 2.00 bits per heavy atom. The number of pyridine rings is 1. The lowest BCUT2D eigenvalue weighted by molar-refractivity contribution is 0.0993. The summed E-state index contributed by atoms with van der Waals surface area (Å²) in [5.74, 6) is 1.01. The summed E-state index contributed by atoms with van der Waals surface area (Å²) in [6, 6.07) is 10.8. The van der Waals surface area contributed by atoms with Crippen molar-refractivity contribution in [3.05, 3.63) is 53.7 Å². The van der Waals surface area contributed by atoms with Crippen molar-refractivity contribution >= 4 is 11.6 Å². The number of hydrogen-bond donors (Lipinski definition) is 1. The van der Waals surface area contributed by atoms with Gasteiger partial charge in [-0.15, -0.1) is 0 Å². The zero-order valence-corrected chi connectivity index (χ0v) is 10.1. The molecule has 18 heavy (non-hydrogen) atoms. The molecule has 2 rings (SSSR count). The van der Waals surface area contributed by atoms with Gasteiger partial charge in [-0.1, -0.05) is 12.1 Å². The van der Waals surface area contributed by atoms with Crippen LogP contribution in [0.15, 0.2) is 42.6 Å². The molecule has 0 saturated carbocycles.